The highest BCUT2D eigenvalue weighted by atomic mass is 31.2. The van der Waals surface area contributed by atoms with Crippen molar-refractivity contribution in [3.63, 3.8) is 0 Å². The zero-order valence-corrected chi connectivity index (χ0v) is 16.3. The Labute approximate surface area is 137 Å². The third-order valence-corrected chi connectivity index (χ3v) is 5.03. The number of methoxy groups -OCH3 is 1. The molecule has 0 radical (unpaired) electrons. The molecule has 0 aromatic heterocycles. The molecule has 0 fully saturated rings. The molecule has 0 N–H and O–H groups in total. The van der Waals surface area contributed by atoms with Crippen LogP contribution < -0.4 is 0 Å². The Hall–Kier alpha value is -0.240. The first-order valence-electron chi connectivity index (χ1n) is 7.90. The molecule has 130 valence electrons. The van der Waals surface area contributed by atoms with Crippen LogP contribution in [0.25, 0.3) is 0 Å². The number of hydrogen-bond donors (Lipinski definition) is 0. The quantitative estimate of drug-likeness (QED) is 0.330. The molecule has 6 heteroatoms. The molecule has 0 heterocycles. The van der Waals surface area contributed by atoms with Gasteiger partial charge in [0.2, 0.25) is 0 Å². The molecule has 0 saturated heterocycles. The van der Waals surface area contributed by atoms with Gasteiger partial charge < -0.3 is 9.26 Å². The second-order valence-corrected chi connectivity index (χ2v) is 8.49. The third-order valence-electron chi connectivity index (χ3n) is 2.91. The summed E-state index contributed by atoms with van der Waals surface area (Å²) in [6, 6.07) is 2.69. The van der Waals surface area contributed by atoms with Crippen LogP contribution in [0.15, 0.2) is 0 Å². The summed E-state index contributed by atoms with van der Waals surface area (Å²) in [5, 5.41) is 8.72. The van der Waals surface area contributed by atoms with Crippen molar-refractivity contribution in [1.29, 1.82) is 5.26 Å². The van der Waals surface area contributed by atoms with E-state index in [0.717, 1.165) is 6.42 Å². The minimum Gasteiger partial charge on any atom is -0.355 e. The van der Waals surface area contributed by atoms with Gasteiger partial charge in [0.15, 0.2) is 6.29 Å². The molecule has 0 saturated carbocycles. The van der Waals surface area contributed by atoms with Crippen LogP contribution in [-0.4, -0.2) is 36.8 Å². The summed E-state index contributed by atoms with van der Waals surface area (Å²) < 4.78 is 19.7. The second-order valence-electron chi connectivity index (χ2n) is 7.08. The molecule has 0 aromatic rings. The van der Waals surface area contributed by atoms with Crippen molar-refractivity contribution in [3.05, 3.63) is 0 Å². The van der Waals surface area contributed by atoms with Gasteiger partial charge in [0.05, 0.1) is 19.1 Å². The molecular weight excluding hydrogens is 299 g/mol. The van der Waals surface area contributed by atoms with Crippen LogP contribution in [0.3, 0.4) is 0 Å². The number of rotatable bonds is 10. The lowest BCUT2D eigenvalue weighted by atomic mass is 9.92. The molecule has 2 unspecified atom stereocenters. The van der Waals surface area contributed by atoms with Crippen molar-refractivity contribution in [2.45, 2.75) is 79.7 Å². The summed E-state index contributed by atoms with van der Waals surface area (Å²) in [6.45, 7) is 15.3. The van der Waals surface area contributed by atoms with E-state index in [9.17, 15) is 0 Å². The average Bonchev–Trinajstić information content (AvgIpc) is 2.35. The summed E-state index contributed by atoms with van der Waals surface area (Å²) >= 11 is 0. The third kappa shape index (κ3) is 9.02. The monoisotopic (exact) mass is 332 g/mol. The summed E-state index contributed by atoms with van der Waals surface area (Å²) in [5.41, 5.74) is 0.106. The molecule has 22 heavy (non-hydrogen) atoms. The summed E-state index contributed by atoms with van der Waals surface area (Å²) in [4.78, 5) is 0. The number of nitrogens with zero attached hydrogens (tertiary/aromatic N) is 2. The van der Waals surface area contributed by atoms with Crippen LogP contribution in [0.1, 0.15) is 61.3 Å². The van der Waals surface area contributed by atoms with E-state index in [0.29, 0.717) is 25.1 Å². The average molecular weight is 332 g/mol. The highest BCUT2D eigenvalue weighted by Gasteiger charge is 2.31. The minimum atomic E-state index is -1.26. The van der Waals surface area contributed by atoms with Crippen molar-refractivity contribution in [2.75, 3.05) is 13.7 Å². The molecule has 0 spiro atoms. The molecule has 2 atom stereocenters. The fourth-order valence-electron chi connectivity index (χ4n) is 2.06. The van der Waals surface area contributed by atoms with Crippen LogP contribution in [0.2, 0.25) is 0 Å². The van der Waals surface area contributed by atoms with Crippen molar-refractivity contribution in [3.8, 4) is 6.07 Å². The number of hydrogen-bond acceptors (Lipinski definition) is 5. The van der Waals surface area contributed by atoms with Crippen molar-refractivity contribution in [1.82, 2.24) is 4.67 Å². The zero-order chi connectivity index (χ0) is 17.3. The molecule has 0 aromatic carbocycles. The zero-order valence-electron chi connectivity index (χ0n) is 15.4. The lowest BCUT2D eigenvalue weighted by molar-refractivity contribution is -0.0826. The maximum atomic E-state index is 8.72. The van der Waals surface area contributed by atoms with Gasteiger partial charge in [0.25, 0.3) is 8.53 Å². The van der Waals surface area contributed by atoms with Gasteiger partial charge in [-0.25, -0.2) is 4.67 Å². The van der Waals surface area contributed by atoms with Crippen LogP contribution >= 0.6 is 8.53 Å². The maximum absolute atomic E-state index is 8.72. The van der Waals surface area contributed by atoms with Gasteiger partial charge in [0, 0.05) is 25.6 Å². The first-order valence-corrected chi connectivity index (χ1v) is 9.03. The molecule has 0 aliphatic rings. The second kappa shape index (κ2) is 10.5. The summed E-state index contributed by atoms with van der Waals surface area (Å²) in [5.74, 6) is 0. The Morgan fingerprint density at radius 3 is 2.05 bits per heavy atom. The van der Waals surface area contributed by atoms with Gasteiger partial charge in [-0.3, -0.25) is 4.52 Å². The Balaban J connectivity index is 5.00. The van der Waals surface area contributed by atoms with Crippen molar-refractivity contribution < 1.29 is 13.8 Å². The highest BCUT2D eigenvalue weighted by Crippen LogP contribution is 2.48. The highest BCUT2D eigenvalue weighted by molar-refractivity contribution is 7.44. The Kier molecular flexibility index (Phi) is 10.4. The number of ether oxygens (including phenoxy) is 1. The Morgan fingerprint density at radius 2 is 1.68 bits per heavy atom. The van der Waals surface area contributed by atoms with E-state index >= 15 is 0 Å². The fourth-order valence-corrected chi connectivity index (χ4v) is 3.73. The van der Waals surface area contributed by atoms with Gasteiger partial charge in [-0.05, 0) is 33.1 Å². The van der Waals surface area contributed by atoms with Gasteiger partial charge in [-0.1, -0.05) is 20.8 Å². The minimum absolute atomic E-state index is 0.106. The van der Waals surface area contributed by atoms with E-state index in [2.05, 4.69) is 59.2 Å². The first-order chi connectivity index (χ1) is 10.1. The van der Waals surface area contributed by atoms with Crippen molar-refractivity contribution >= 4 is 8.53 Å². The summed E-state index contributed by atoms with van der Waals surface area (Å²) in [6.07, 6.45) is 0.838. The van der Waals surface area contributed by atoms with Crippen molar-refractivity contribution in [2.24, 2.45) is 5.41 Å². The standard InChI is InChI=1S/C16H33N2O3P/c1-13(2)18(14(3)4)22(20-11-9-10-17)21-15(19-8)12-16(5,6)7/h13-15H,9,11-12H2,1-8H3. The largest absolute Gasteiger partial charge is 0.355 e. The van der Waals surface area contributed by atoms with E-state index in [1.807, 2.05) is 0 Å². The lowest BCUT2D eigenvalue weighted by Gasteiger charge is -2.37. The normalized spacial score (nSPS) is 15.4. The lowest BCUT2D eigenvalue weighted by Crippen LogP contribution is -2.35. The van der Waals surface area contributed by atoms with Gasteiger partial charge >= 0.3 is 0 Å². The first kappa shape index (κ1) is 21.8. The summed E-state index contributed by atoms with van der Waals surface area (Å²) in [7, 11) is 0.405. The van der Waals surface area contributed by atoms with Gasteiger partial charge in [-0.2, -0.15) is 5.26 Å². The molecule has 0 bridgehead atoms. The molecule has 0 amide bonds. The van der Waals surface area contributed by atoms with E-state index in [4.69, 9.17) is 19.0 Å². The van der Waals surface area contributed by atoms with E-state index in [1.54, 1.807) is 7.11 Å². The SMILES string of the molecule is COC(CC(C)(C)C)OP(OCCC#N)N(C(C)C)C(C)C. The van der Waals surface area contributed by atoms with Gasteiger partial charge in [0.1, 0.15) is 0 Å². The fraction of sp³-hybridized carbons (Fsp3) is 0.938. The predicted molar refractivity (Wildman–Crippen MR) is 91.2 cm³/mol. The molecule has 0 aliphatic heterocycles. The van der Waals surface area contributed by atoms with Crippen LogP contribution in [-0.2, 0) is 13.8 Å². The molecule has 5 nitrogen and oxygen atoms in total. The molecule has 0 aliphatic carbocycles. The van der Waals surface area contributed by atoms with E-state index in [-0.39, 0.29) is 11.7 Å². The Morgan fingerprint density at radius 1 is 1.14 bits per heavy atom. The predicted octanol–water partition coefficient (Wildman–Crippen LogP) is 4.69. The van der Waals surface area contributed by atoms with E-state index in [1.165, 1.54) is 0 Å². The molecular formula is C16H33N2O3P. The number of nitriles is 1. The van der Waals surface area contributed by atoms with Crippen LogP contribution in [0, 0.1) is 16.7 Å². The topological polar surface area (TPSA) is 54.7 Å². The van der Waals surface area contributed by atoms with E-state index < -0.39 is 8.53 Å². The maximum Gasteiger partial charge on any atom is 0.261 e. The smallest absolute Gasteiger partial charge is 0.261 e. The van der Waals surface area contributed by atoms with Gasteiger partial charge in [-0.15, -0.1) is 0 Å². The van der Waals surface area contributed by atoms with Crippen LogP contribution in [0.4, 0.5) is 0 Å². The van der Waals surface area contributed by atoms with Crippen LogP contribution in [0.5, 0.6) is 0 Å². The Bertz CT molecular complexity index is 329. The molecule has 0 rings (SSSR count).